The molecule has 0 atom stereocenters. The fraction of sp³-hybridized carbons (Fsp3) is 0.222. The van der Waals surface area contributed by atoms with Gasteiger partial charge in [0.25, 0.3) is 0 Å². The Morgan fingerprint density at radius 1 is 1.00 bits per heavy atom. The van der Waals surface area contributed by atoms with Crippen LogP contribution in [0.5, 0.6) is 11.5 Å². The molecule has 0 N–H and O–H groups in total. The third-order valence-corrected chi connectivity index (χ3v) is 3.77. The van der Waals surface area contributed by atoms with Crippen LogP contribution in [0.1, 0.15) is 37.4 Å². The molecule has 0 radical (unpaired) electrons. The van der Waals surface area contributed by atoms with E-state index in [-0.39, 0.29) is 5.78 Å². The van der Waals surface area contributed by atoms with Crippen molar-refractivity contribution >= 4 is 12.1 Å². The normalized spacial score (nSPS) is 10.2. The summed E-state index contributed by atoms with van der Waals surface area (Å²) in [5.41, 5.74) is 3.05. The average Bonchev–Trinajstić information content (AvgIpc) is 2.55. The summed E-state index contributed by atoms with van der Waals surface area (Å²) in [6.45, 7) is 3.76. The van der Waals surface area contributed by atoms with E-state index in [9.17, 15) is 9.59 Å². The molecule has 0 bridgehead atoms. The van der Waals surface area contributed by atoms with Crippen molar-refractivity contribution in [1.29, 1.82) is 0 Å². The van der Waals surface area contributed by atoms with Crippen LogP contribution in [0.25, 0.3) is 0 Å². The van der Waals surface area contributed by atoms with Gasteiger partial charge in [-0.1, -0.05) is 12.1 Å². The van der Waals surface area contributed by atoms with Gasteiger partial charge >= 0.3 is 0 Å². The first-order valence-electron chi connectivity index (χ1n) is 6.85. The smallest absolute Gasteiger partial charge is 0.194 e. The van der Waals surface area contributed by atoms with Gasteiger partial charge in [-0.05, 0) is 43.2 Å². The van der Waals surface area contributed by atoms with Crippen molar-refractivity contribution in [2.24, 2.45) is 0 Å². The molecule has 114 valence electrons. The summed E-state index contributed by atoms with van der Waals surface area (Å²) in [6, 6.07) is 8.48. The summed E-state index contributed by atoms with van der Waals surface area (Å²) >= 11 is 0. The molecule has 4 heteroatoms. The van der Waals surface area contributed by atoms with Gasteiger partial charge in [-0.3, -0.25) is 9.59 Å². The van der Waals surface area contributed by atoms with E-state index < -0.39 is 0 Å². The first-order chi connectivity index (χ1) is 10.5. The number of ketones is 1. The molecule has 2 rings (SSSR count). The zero-order valence-corrected chi connectivity index (χ0v) is 13.1. The minimum Gasteiger partial charge on any atom is -0.493 e. The number of benzene rings is 2. The molecular formula is C18H18O4. The molecule has 2 aromatic carbocycles. The van der Waals surface area contributed by atoms with E-state index in [1.54, 1.807) is 24.3 Å². The van der Waals surface area contributed by atoms with Crippen molar-refractivity contribution in [3.8, 4) is 11.5 Å². The molecule has 0 spiro atoms. The van der Waals surface area contributed by atoms with E-state index >= 15 is 0 Å². The van der Waals surface area contributed by atoms with Crippen LogP contribution in [-0.4, -0.2) is 26.3 Å². The lowest BCUT2D eigenvalue weighted by Gasteiger charge is -2.12. The van der Waals surface area contributed by atoms with Crippen LogP contribution in [0.4, 0.5) is 0 Å². The van der Waals surface area contributed by atoms with Gasteiger partial charge in [0.1, 0.15) is 0 Å². The van der Waals surface area contributed by atoms with E-state index in [1.807, 2.05) is 19.9 Å². The van der Waals surface area contributed by atoms with E-state index in [0.29, 0.717) is 34.5 Å². The number of hydrogen-bond acceptors (Lipinski definition) is 4. The summed E-state index contributed by atoms with van der Waals surface area (Å²) < 4.78 is 10.4. The Kier molecular flexibility index (Phi) is 4.61. The number of aldehydes is 1. The Balaban J connectivity index is 2.58. The summed E-state index contributed by atoms with van der Waals surface area (Å²) in [5, 5.41) is 0. The number of hydrogen-bond donors (Lipinski definition) is 0. The fourth-order valence-corrected chi connectivity index (χ4v) is 2.36. The third-order valence-electron chi connectivity index (χ3n) is 3.77. The molecule has 2 aromatic rings. The zero-order chi connectivity index (χ0) is 16.3. The number of methoxy groups -OCH3 is 2. The molecule has 0 amide bonds. The highest BCUT2D eigenvalue weighted by Crippen LogP contribution is 2.29. The molecule has 4 nitrogen and oxygen atoms in total. The van der Waals surface area contributed by atoms with E-state index in [0.717, 1.165) is 11.1 Å². The van der Waals surface area contributed by atoms with Crippen LogP contribution in [0, 0.1) is 13.8 Å². The number of ether oxygens (including phenoxy) is 2. The minimum atomic E-state index is -0.204. The maximum absolute atomic E-state index is 12.8. The van der Waals surface area contributed by atoms with Crippen LogP contribution in [0.2, 0.25) is 0 Å². The summed E-state index contributed by atoms with van der Waals surface area (Å²) in [5.74, 6) is 0.825. The van der Waals surface area contributed by atoms with Gasteiger partial charge in [0.05, 0.1) is 14.2 Å². The molecule has 22 heavy (non-hydrogen) atoms. The molecule has 0 saturated carbocycles. The summed E-state index contributed by atoms with van der Waals surface area (Å²) in [4.78, 5) is 24.1. The largest absolute Gasteiger partial charge is 0.493 e. The van der Waals surface area contributed by atoms with Crippen molar-refractivity contribution < 1.29 is 19.1 Å². The highest BCUT2D eigenvalue weighted by Gasteiger charge is 2.19. The van der Waals surface area contributed by atoms with Crippen LogP contribution in [0.3, 0.4) is 0 Å². The molecule has 0 aliphatic rings. The lowest BCUT2D eigenvalue weighted by atomic mass is 9.92. The number of carbonyl (C=O) groups is 2. The average molecular weight is 298 g/mol. The van der Waals surface area contributed by atoms with Crippen molar-refractivity contribution in [2.45, 2.75) is 13.8 Å². The van der Waals surface area contributed by atoms with Gasteiger partial charge < -0.3 is 9.47 Å². The second-order valence-corrected chi connectivity index (χ2v) is 4.99. The van der Waals surface area contributed by atoms with Gasteiger partial charge in [0.2, 0.25) is 0 Å². The van der Waals surface area contributed by atoms with Crippen molar-refractivity contribution in [1.82, 2.24) is 0 Å². The van der Waals surface area contributed by atoms with Crippen molar-refractivity contribution in [3.63, 3.8) is 0 Å². The lowest BCUT2D eigenvalue weighted by molar-refractivity contribution is 0.102. The molecule has 0 saturated heterocycles. The van der Waals surface area contributed by atoms with Crippen molar-refractivity contribution in [2.75, 3.05) is 14.2 Å². The van der Waals surface area contributed by atoms with Gasteiger partial charge in [0, 0.05) is 16.7 Å². The monoisotopic (exact) mass is 298 g/mol. The molecule has 0 unspecified atom stereocenters. The zero-order valence-electron chi connectivity index (χ0n) is 13.1. The van der Waals surface area contributed by atoms with Crippen LogP contribution in [-0.2, 0) is 0 Å². The number of rotatable bonds is 5. The Morgan fingerprint density at radius 3 is 2.27 bits per heavy atom. The van der Waals surface area contributed by atoms with Crippen LogP contribution >= 0.6 is 0 Å². The Hall–Kier alpha value is -2.62. The molecule has 0 aromatic heterocycles. The van der Waals surface area contributed by atoms with E-state index in [2.05, 4.69) is 0 Å². The Morgan fingerprint density at radius 2 is 1.68 bits per heavy atom. The Bertz CT molecular complexity index is 732. The van der Waals surface area contributed by atoms with Gasteiger partial charge in [-0.25, -0.2) is 0 Å². The molecule has 0 heterocycles. The number of aryl methyl sites for hydroxylation is 1. The highest BCUT2D eigenvalue weighted by molar-refractivity contribution is 6.14. The molecule has 0 aliphatic heterocycles. The topological polar surface area (TPSA) is 52.6 Å². The molecule has 0 aliphatic carbocycles. The first kappa shape index (κ1) is 15.8. The van der Waals surface area contributed by atoms with Gasteiger partial charge in [-0.2, -0.15) is 0 Å². The standard InChI is InChI=1S/C18H18O4/c1-11-5-6-14(10-19)17(12(11)2)18(20)13-7-8-15(21-3)16(9-13)22-4/h5-10H,1-4H3. The van der Waals surface area contributed by atoms with E-state index in [1.165, 1.54) is 14.2 Å². The minimum absolute atomic E-state index is 0.204. The lowest BCUT2D eigenvalue weighted by Crippen LogP contribution is -2.09. The summed E-state index contributed by atoms with van der Waals surface area (Å²) in [6.07, 6.45) is 0.709. The maximum Gasteiger partial charge on any atom is 0.194 e. The molecular weight excluding hydrogens is 280 g/mol. The first-order valence-corrected chi connectivity index (χ1v) is 6.85. The van der Waals surface area contributed by atoms with Crippen LogP contribution in [0.15, 0.2) is 30.3 Å². The number of carbonyl (C=O) groups excluding carboxylic acids is 2. The third kappa shape index (κ3) is 2.72. The predicted molar refractivity (Wildman–Crippen MR) is 84.3 cm³/mol. The van der Waals surface area contributed by atoms with Gasteiger partial charge in [0.15, 0.2) is 23.6 Å². The second-order valence-electron chi connectivity index (χ2n) is 4.99. The quantitative estimate of drug-likeness (QED) is 0.627. The van der Waals surface area contributed by atoms with Crippen LogP contribution < -0.4 is 9.47 Å². The fourth-order valence-electron chi connectivity index (χ4n) is 2.36. The van der Waals surface area contributed by atoms with E-state index in [4.69, 9.17) is 9.47 Å². The predicted octanol–water partition coefficient (Wildman–Crippen LogP) is 3.36. The highest BCUT2D eigenvalue weighted by atomic mass is 16.5. The summed E-state index contributed by atoms with van der Waals surface area (Å²) in [7, 11) is 3.05. The SMILES string of the molecule is COc1ccc(C(=O)c2c(C=O)ccc(C)c2C)cc1OC. The maximum atomic E-state index is 12.8. The van der Waals surface area contributed by atoms with Gasteiger partial charge in [-0.15, -0.1) is 0 Å². The molecule has 0 fully saturated rings. The van der Waals surface area contributed by atoms with Crippen molar-refractivity contribution in [3.05, 3.63) is 58.1 Å². The second kappa shape index (κ2) is 6.43. The Labute approximate surface area is 129 Å².